The first-order chi connectivity index (χ1) is 30.1. The highest BCUT2D eigenvalue weighted by Gasteiger charge is 2.31. The van der Waals surface area contributed by atoms with E-state index in [1.807, 2.05) is 72.8 Å². The van der Waals surface area contributed by atoms with E-state index in [0.717, 1.165) is 125 Å². The third-order valence-electron chi connectivity index (χ3n) is 13.5. The van der Waals surface area contributed by atoms with Gasteiger partial charge in [0.1, 0.15) is 12.4 Å². The monoisotopic (exact) mass is 853 g/mol. The molecule has 3 saturated heterocycles. The number of carboxylic acid groups (broad SMARTS) is 3. The lowest BCUT2D eigenvalue weighted by Gasteiger charge is -2.25. The van der Waals surface area contributed by atoms with Gasteiger partial charge < -0.3 is 40.9 Å². The Bertz CT molecular complexity index is 1900. The van der Waals surface area contributed by atoms with Gasteiger partial charge >= 0.3 is 17.9 Å². The average Bonchev–Trinajstić information content (AvgIpc) is 3.82. The smallest absolute Gasteiger partial charge is 0.307 e. The van der Waals surface area contributed by atoms with Crippen molar-refractivity contribution in [1.82, 2.24) is 20.9 Å². The highest BCUT2D eigenvalue weighted by atomic mass is 16.5. The Hall–Kier alpha value is -4.78. The van der Waals surface area contributed by atoms with Gasteiger partial charge in [-0.25, -0.2) is 0 Å². The summed E-state index contributed by atoms with van der Waals surface area (Å²) in [7, 11) is 0. The van der Waals surface area contributed by atoms with Crippen molar-refractivity contribution in [2.45, 2.75) is 90.0 Å². The fourth-order valence-electron chi connectivity index (χ4n) is 10.0. The number of nitrogens with one attached hydrogen (secondary N) is 3. The van der Waals surface area contributed by atoms with Crippen LogP contribution < -0.4 is 20.7 Å². The SMILES string of the molecule is O=C(O)[C@@H](Cc1cccc(CC(=O)N(CCOc2cccc(C[C@H](C(=O)O)[C@@H]3CCCNCC3)c2)Cc2cccc(C[C@H](C(=O)O)[C@@H]3CCCNCC3)c2)c1)[C@@H]1CCCNCC1. The molecule has 3 fully saturated rings. The Labute approximate surface area is 367 Å². The first-order valence-electron chi connectivity index (χ1n) is 23.1. The standard InChI is InChI=1S/C50H68N4O8/c55-47(33-37-9-1-7-35(27-37)30-44(48(56)57)40-12-4-19-51-22-16-40)54(34-39-11-2-8-36(28-39)31-45(49(58)59)41-13-5-20-52-23-17-41)25-26-62-43-15-3-10-38(29-43)32-46(50(60)61)42-14-6-21-53-24-18-42/h1-3,7-11,15,27-29,40-42,44-46,51-53H,4-6,12-14,16-26,30-34H2,(H,56,57)(H,58,59)(H,60,61)/t40-,41-,42-,44+,45+,46+/m1/s1. The number of hydrogen-bond acceptors (Lipinski definition) is 8. The number of carbonyl (C=O) groups excluding carboxylic acids is 1. The number of carbonyl (C=O) groups is 4. The van der Waals surface area contributed by atoms with Crippen LogP contribution in [0.5, 0.6) is 5.75 Å². The summed E-state index contributed by atoms with van der Waals surface area (Å²) >= 11 is 0. The summed E-state index contributed by atoms with van der Waals surface area (Å²) in [6.07, 6.45) is 9.39. The van der Waals surface area contributed by atoms with Crippen LogP contribution in [0.2, 0.25) is 0 Å². The molecule has 6 rings (SSSR count). The number of aliphatic carboxylic acids is 3. The third kappa shape index (κ3) is 14.4. The second-order valence-electron chi connectivity index (χ2n) is 17.9. The van der Waals surface area contributed by atoms with Crippen molar-refractivity contribution >= 4 is 23.8 Å². The summed E-state index contributed by atoms with van der Waals surface area (Å²) in [6.45, 7) is 5.99. The van der Waals surface area contributed by atoms with Gasteiger partial charge in [0.2, 0.25) is 5.91 Å². The molecule has 0 spiro atoms. The molecule has 3 aliphatic rings. The van der Waals surface area contributed by atoms with Gasteiger partial charge in [0, 0.05) is 6.54 Å². The largest absolute Gasteiger partial charge is 0.492 e. The van der Waals surface area contributed by atoms with Crippen LogP contribution in [0.15, 0.2) is 72.8 Å². The predicted octanol–water partition coefficient (Wildman–Crippen LogP) is 6.24. The zero-order valence-corrected chi connectivity index (χ0v) is 36.3. The van der Waals surface area contributed by atoms with Gasteiger partial charge in [0.25, 0.3) is 0 Å². The van der Waals surface area contributed by atoms with Crippen molar-refractivity contribution < 1.29 is 39.2 Å². The molecule has 0 unspecified atom stereocenters. The summed E-state index contributed by atoms with van der Waals surface area (Å²) < 4.78 is 6.27. The number of carboxylic acids is 3. The number of benzene rings is 3. The minimum atomic E-state index is -0.780. The zero-order valence-electron chi connectivity index (χ0n) is 36.3. The summed E-state index contributed by atoms with van der Waals surface area (Å²) in [6, 6.07) is 23.2. The van der Waals surface area contributed by atoms with E-state index < -0.39 is 35.7 Å². The minimum Gasteiger partial charge on any atom is -0.492 e. The zero-order chi connectivity index (χ0) is 43.7. The normalized spacial score (nSPS) is 21.3. The van der Waals surface area contributed by atoms with Gasteiger partial charge in [-0.1, -0.05) is 60.7 Å². The number of hydrogen-bond donors (Lipinski definition) is 6. The average molecular weight is 853 g/mol. The minimum absolute atomic E-state index is 0.0901. The van der Waals surface area contributed by atoms with Gasteiger partial charge in [-0.3, -0.25) is 19.2 Å². The van der Waals surface area contributed by atoms with Crippen molar-refractivity contribution in [2.24, 2.45) is 35.5 Å². The third-order valence-corrected chi connectivity index (χ3v) is 13.5. The van der Waals surface area contributed by atoms with Crippen LogP contribution in [0.1, 0.15) is 85.6 Å². The maximum atomic E-state index is 14.3. The molecular weight excluding hydrogens is 785 g/mol. The first-order valence-corrected chi connectivity index (χ1v) is 23.1. The molecule has 1 amide bonds. The maximum absolute atomic E-state index is 14.3. The lowest BCUT2D eigenvalue weighted by Crippen LogP contribution is -2.35. The molecule has 336 valence electrons. The Morgan fingerprint density at radius 3 is 1.45 bits per heavy atom. The van der Waals surface area contributed by atoms with Gasteiger partial charge in [-0.15, -0.1) is 0 Å². The molecule has 0 radical (unpaired) electrons. The van der Waals surface area contributed by atoms with E-state index >= 15 is 0 Å². The van der Waals surface area contributed by atoms with Gasteiger partial charge in [0.05, 0.1) is 30.7 Å². The summed E-state index contributed by atoms with van der Waals surface area (Å²) in [4.78, 5) is 53.5. The van der Waals surface area contributed by atoms with Crippen LogP contribution in [0.3, 0.4) is 0 Å². The molecule has 62 heavy (non-hydrogen) atoms. The lowest BCUT2D eigenvalue weighted by molar-refractivity contribution is -0.144. The molecule has 3 aromatic carbocycles. The fraction of sp³-hybridized carbons (Fsp3) is 0.560. The second-order valence-corrected chi connectivity index (χ2v) is 17.9. The predicted molar refractivity (Wildman–Crippen MR) is 239 cm³/mol. The van der Waals surface area contributed by atoms with Crippen LogP contribution in [0.25, 0.3) is 0 Å². The molecule has 0 saturated carbocycles. The van der Waals surface area contributed by atoms with E-state index in [1.54, 1.807) is 4.90 Å². The Morgan fingerprint density at radius 2 is 0.968 bits per heavy atom. The van der Waals surface area contributed by atoms with Crippen LogP contribution in [0.4, 0.5) is 0 Å². The van der Waals surface area contributed by atoms with Gasteiger partial charge in [0.15, 0.2) is 0 Å². The molecule has 3 heterocycles. The van der Waals surface area contributed by atoms with E-state index in [9.17, 15) is 34.5 Å². The molecule has 6 N–H and O–H groups in total. The van der Waals surface area contributed by atoms with Crippen LogP contribution >= 0.6 is 0 Å². The van der Waals surface area contributed by atoms with Crippen molar-refractivity contribution in [3.05, 3.63) is 101 Å². The van der Waals surface area contributed by atoms with E-state index in [2.05, 4.69) is 16.0 Å². The van der Waals surface area contributed by atoms with E-state index in [-0.39, 0.29) is 43.2 Å². The summed E-state index contributed by atoms with van der Waals surface area (Å²) in [5.41, 5.74) is 4.44. The fourth-order valence-corrected chi connectivity index (χ4v) is 10.0. The maximum Gasteiger partial charge on any atom is 0.307 e. The highest BCUT2D eigenvalue weighted by Crippen LogP contribution is 2.30. The first kappa shape index (κ1) is 46.7. The lowest BCUT2D eigenvalue weighted by atomic mass is 9.82. The van der Waals surface area contributed by atoms with Crippen molar-refractivity contribution in [1.29, 1.82) is 0 Å². The highest BCUT2D eigenvalue weighted by molar-refractivity contribution is 5.79. The molecule has 0 bridgehead atoms. The van der Waals surface area contributed by atoms with Crippen molar-refractivity contribution in [3.8, 4) is 5.75 Å². The molecule has 12 heteroatoms. The van der Waals surface area contributed by atoms with E-state index in [0.29, 0.717) is 31.6 Å². The molecule has 0 aromatic heterocycles. The molecule has 0 aliphatic carbocycles. The molecule has 3 aromatic rings. The van der Waals surface area contributed by atoms with Crippen LogP contribution in [-0.4, -0.2) is 96.5 Å². The Kier molecular flexibility index (Phi) is 18.2. The molecule has 6 atom stereocenters. The van der Waals surface area contributed by atoms with E-state index in [4.69, 9.17) is 4.74 Å². The quantitative estimate of drug-likeness (QED) is 0.0759. The van der Waals surface area contributed by atoms with Gasteiger partial charge in [-0.05, 0) is 174 Å². The number of rotatable bonds is 20. The molecule has 3 aliphatic heterocycles. The molecule has 12 nitrogen and oxygen atoms in total. The van der Waals surface area contributed by atoms with Gasteiger partial charge in [-0.2, -0.15) is 0 Å². The van der Waals surface area contributed by atoms with Crippen molar-refractivity contribution in [3.63, 3.8) is 0 Å². The van der Waals surface area contributed by atoms with Crippen LogP contribution in [-0.2, 0) is 51.4 Å². The Morgan fingerprint density at radius 1 is 0.548 bits per heavy atom. The summed E-state index contributed by atoms with van der Waals surface area (Å²) in [5, 5.41) is 40.8. The second kappa shape index (κ2) is 24.2. The molecular formula is C50H68N4O8. The van der Waals surface area contributed by atoms with Crippen molar-refractivity contribution in [2.75, 3.05) is 52.4 Å². The topological polar surface area (TPSA) is 178 Å². The van der Waals surface area contributed by atoms with Crippen LogP contribution in [0, 0.1) is 35.5 Å². The Balaban J connectivity index is 1.16. The van der Waals surface area contributed by atoms with E-state index in [1.165, 1.54) is 0 Å². The summed E-state index contributed by atoms with van der Waals surface area (Å²) in [5.74, 6) is -3.00. The number of nitrogens with zero attached hydrogens (tertiary/aromatic N) is 1. The number of amides is 1. The number of ether oxygens (including phenoxy) is 1.